The minimum atomic E-state index is -0.941. The highest BCUT2D eigenvalue weighted by Gasteiger charge is 2.22. The van der Waals surface area contributed by atoms with Crippen LogP contribution in [0.5, 0.6) is 0 Å². The number of nitriles is 1. The first-order valence-corrected chi connectivity index (χ1v) is 6.25. The standard InChI is InChI=1S/C13H15BrN2O2.ClH/c1-13(2,7-15)9-3-8(4-10(14)5-9)11(16)6-12(17)18;/h3-5,11H,6,16H2,1-2H3,(H,17,18);1H. The summed E-state index contributed by atoms with van der Waals surface area (Å²) in [7, 11) is 0. The third kappa shape index (κ3) is 4.83. The van der Waals surface area contributed by atoms with Crippen LogP contribution in [0, 0.1) is 11.3 Å². The van der Waals surface area contributed by atoms with Crippen LogP contribution in [0.25, 0.3) is 0 Å². The minimum Gasteiger partial charge on any atom is -0.481 e. The second-order valence-electron chi connectivity index (χ2n) is 4.71. The van der Waals surface area contributed by atoms with E-state index < -0.39 is 17.4 Å². The van der Waals surface area contributed by atoms with E-state index in [4.69, 9.17) is 16.1 Å². The van der Waals surface area contributed by atoms with Crippen molar-refractivity contribution in [3.8, 4) is 6.07 Å². The van der Waals surface area contributed by atoms with E-state index in [0.29, 0.717) is 5.56 Å². The maximum atomic E-state index is 10.7. The van der Waals surface area contributed by atoms with Gasteiger partial charge in [0, 0.05) is 10.5 Å². The maximum absolute atomic E-state index is 10.7. The predicted molar refractivity (Wildman–Crippen MR) is 79.2 cm³/mol. The molecule has 3 N–H and O–H groups in total. The van der Waals surface area contributed by atoms with Crippen molar-refractivity contribution in [3.05, 3.63) is 33.8 Å². The van der Waals surface area contributed by atoms with E-state index in [1.54, 1.807) is 26.0 Å². The van der Waals surface area contributed by atoms with Gasteiger partial charge in [-0.15, -0.1) is 12.4 Å². The number of carboxylic acid groups (broad SMARTS) is 1. The number of carboxylic acids is 1. The molecular weight excluding hydrogens is 332 g/mol. The third-order valence-electron chi connectivity index (χ3n) is 2.74. The number of hydrogen-bond acceptors (Lipinski definition) is 3. The van der Waals surface area contributed by atoms with Crippen LogP contribution < -0.4 is 5.73 Å². The maximum Gasteiger partial charge on any atom is 0.305 e. The molecule has 0 bridgehead atoms. The van der Waals surface area contributed by atoms with Crippen LogP contribution in [-0.4, -0.2) is 11.1 Å². The molecule has 0 radical (unpaired) electrons. The van der Waals surface area contributed by atoms with E-state index in [9.17, 15) is 4.79 Å². The van der Waals surface area contributed by atoms with Gasteiger partial charge < -0.3 is 10.8 Å². The summed E-state index contributed by atoms with van der Waals surface area (Å²) in [5.41, 5.74) is 6.72. The van der Waals surface area contributed by atoms with Crippen molar-refractivity contribution in [1.29, 1.82) is 5.26 Å². The van der Waals surface area contributed by atoms with Crippen molar-refractivity contribution in [2.24, 2.45) is 5.73 Å². The molecule has 0 spiro atoms. The normalized spacial score (nSPS) is 12.2. The summed E-state index contributed by atoms with van der Waals surface area (Å²) in [6, 6.07) is 7.06. The lowest BCUT2D eigenvalue weighted by atomic mass is 9.84. The Morgan fingerprint density at radius 3 is 2.58 bits per heavy atom. The van der Waals surface area contributed by atoms with Gasteiger partial charge in [-0.1, -0.05) is 22.0 Å². The first kappa shape index (κ1) is 17.9. The monoisotopic (exact) mass is 346 g/mol. The van der Waals surface area contributed by atoms with E-state index in [-0.39, 0.29) is 18.8 Å². The van der Waals surface area contributed by atoms with Crippen molar-refractivity contribution < 1.29 is 9.90 Å². The lowest BCUT2D eigenvalue weighted by Gasteiger charge is -2.19. The number of carbonyl (C=O) groups is 1. The van der Waals surface area contributed by atoms with E-state index >= 15 is 0 Å². The lowest BCUT2D eigenvalue weighted by molar-refractivity contribution is -0.137. The van der Waals surface area contributed by atoms with E-state index in [0.717, 1.165) is 10.0 Å². The first-order valence-electron chi connectivity index (χ1n) is 5.46. The van der Waals surface area contributed by atoms with Gasteiger partial charge in [-0.25, -0.2) is 0 Å². The molecule has 0 aliphatic carbocycles. The summed E-state index contributed by atoms with van der Waals surface area (Å²) >= 11 is 3.36. The highest BCUT2D eigenvalue weighted by Crippen LogP contribution is 2.29. The van der Waals surface area contributed by atoms with Crippen molar-refractivity contribution in [2.45, 2.75) is 31.7 Å². The van der Waals surface area contributed by atoms with Crippen LogP contribution in [0.15, 0.2) is 22.7 Å². The molecule has 1 unspecified atom stereocenters. The van der Waals surface area contributed by atoms with Crippen LogP contribution in [-0.2, 0) is 10.2 Å². The van der Waals surface area contributed by atoms with E-state index in [1.165, 1.54) is 0 Å². The summed E-state index contributed by atoms with van der Waals surface area (Å²) in [5, 5.41) is 17.9. The van der Waals surface area contributed by atoms with Gasteiger partial charge in [-0.05, 0) is 37.1 Å². The van der Waals surface area contributed by atoms with Crippen molar-refractivity contribution in [1.82, 2.24) is 0 Å². The zero-order valence-corrected chi connectivity index (χ0v) is 13.1. The Bertz CT molecular complexity index is 512. The summed E-state index contributed by atoms with van der Waals surface area (Å²) < 4.78 is 0.791. The second-order valence-corrected chi connectivity index (χ2v) is 5.63. The van der Waals surface area contributed by atoms with Crippen molar-refractivity contribution >= 4 is 34.3 Å². The van der Waals surface area contributed by atoms with Crippen LogP contribution >= 0.6 is 28.3 Å². The van der Waals surface area contributed by atoms with Crippen LogP contribution in [0.1, 0.15) is 37.4 Å². The van der Waals surface area contributed by atoms with Crippen LogP contribution in [0.2, 0.25) is 0 Å². The molecule has 0 saturated carbocycles. The molecular formula is C13H16BrClN2O2. The zero-order chi connectivity index (χ0) is 13.9. The quantitative estimate of drug-likeness (QED) is 0.876. The molecule has 1 rings (SSSR count). The number of rotatable bonds is 4. The summed E-state index contributed by atoms with van der Waals surface area (Å²) in [5.74, 6) is -0.941. The highest BCUT2D eigenvalue weighted by molar-refractivity contribution is 9.10. The molecule has 1 aromatic rings. The van der Waals surface area contributed by atoms with Gasteiger partial charge in [0.05, 0.1) is 17.9 Å². The Morgan fingerprint density at radius 2 is 2.11 bits per heavy atom. The van der Waals surface area contributed by atoms with Crippen LogP contribution in [0.4, 0.5) is 0 Å². The Labute approximate surface area is 127 Å². The molecule has 0 aromatic heterocycles. The molecule has 0 aliphatic rings. The zero-order valence-electron chi connectivity index (χ0n) is 10.7. The molecule has 0 saturated heterocycles. The molecule has 19 heavy (non-hydrogen) atoms. The third-order valence-corrected chi connectivity index (χ3v) is 3.20. The fraction of sp³-hybridized carbons (Fsp3) is 0.385. The smallest absolute Gasteiger partial charge is 0.305 e. The molecule has 104 valence electrons. The lowest BCUT2D eigenvalue weighted by Crippen LogP contribution is -2.18. The van der Waals surface area contributed by atoms with Gasteiger partial charge in [0.15, 0.2) is 0 Å². The Hall–Kier alpha value is -1.09. The van der Waals surface area contributed by atoms with Gasteiger partial charge >= 0.3 is 5.97 Å². The summed E-state index contributed by atoms with van der Waals surface area (Å²) in [6.45, 7) is 3.61. The van der Waals surface area contributed by atoms with Gasteiger partial charge in [0.25, 0.3) is 0 Å². The van der Waals surface area contributed by atoms with E-state index in [1.807, 2.05) is 6.07 Å². The molecule has 4 nitrogen and oxygen atoms in total. The number of hydrogen-bond donors (Lipinski definition) is 2. The molecule has 0 aliphatic heterocycles. The van der Waals surface area contributed by atoms with Crippen molar-refractivity contribution in [3.63, 3.8) is 0 Å². The molecule has 0 fully saturated rings. The number of nitrogens with zero attached hydrogens (tertiary/aromatic N) is 1. The fourth-order valence-corrected chi connectivity index (χ4v) is 2.07. The summed E-state index contributed by atoms with van der Waals surface area (Å²) in [4.78, 5) is 10.7. The predicted octanol–water partition coefficient (Wildman–Crippen LogP) is 3.15. The van der Waals surface area contributed by atoms with Crippen LogP contribution in [0.3, 0.4) is 0 Å². The van der Waals surface area contributed by atoms with Gasteiger partial charge in [-0.2, -0.15) is 5.26 Å². The van der Waals surface area contributed by atoms with Gasteiger partial charge in [0.2, 0.25) is 0 Å². The first-order chi connectivity index (χ1) is 8.26. The van der Waals surface area contributed by atoms with E-state index in [2.05, 4.69) is 22.0 Å². The topological polar surface area (TPSA) is 87.1 Å². The Kier molecular flexibility index (Phi) is 6.50. The van der Waals surface area contributed by atoms with Gasteiger partial charge in [-0.3, -0.25) is 4.79 Å². The molecule has 1 aromatic carbocycles. The Morgan fingerprint density at radius 1 is 1.53 bits per heavy atom. The average Bonchev–Trinajstić information content (AvgIpc) is 2.27. The summed E-state index contributed by atoms with van der Waals surface area (Å²) in [6.07, 6.45) is -0.136. The molecule has 1 atom stereocenters. The molecule has 0 amide bonds. The highest BCUT2D eigenvalue weighted by atomic mass is 79.9. The largest absolute Gasteiger partial charge is 0.481 e. The molecule has 0 heterocycles. The number of aliphatic carboxylic acids is 1. The van der Waals surface area contributed by atoms with Gasteiger partial charge in [0.1, 0.15) is 0 Å². The van der Waals surface area contributed by atoms with Crippen molar-refractivity contribution in [2.75, 3.05) is 0 Å². The number of halogens is 2. The Balaban J connectivity index is 0.00000324. The number of benzene rings is 1. The average molecular weight is 348 g/mol. The second kappa shape index (κ2) is 6.90. The number of nitrogens with two attached hydrogens (primary N) is 1. The SMILES string of the molecule is CC(C)(C#N)c1cc(Br)cc(C(N)CC(=O)O)c1.Cl. The molecule has 6 heteroatoms. The fourth-order valence-electron chi connectivity index (χ4n) is 1.56. The minimum absolute atomic E-state index is 0.